The molecule has 154 valence electrons. The van der Waals surface area contributed by atoms with E-state index in [4.69, 9.17) is 23.2 Å². The zero-order valence-electron chi connectivity index (χ0n) is 16.7. The molecule has 0 saturated carbocycles. The van der Waals surface area contributed by atoms with Crippen molar-refractivity contribution >= 4 is 34.6 Å². The second kappa shape index (κ2) is 10.4. The summed E-state index contributed by atoms with van der Waals surface area (Å²) in [5.74, 6) is -0.105. The maximum atomic E-state index is 13.0. The molecule has 6 nitrogen and oxygen atoms in total. The molecule has 0 spiro atoms. The van der Waals surface area contributed by atoms with Crippen LogP contribution in [0.3, 0.4) is 0 Å². The summed E-state index contributed by atoms with van der Waals surface area (Å²) in [6.45, 7) is 6.05. The van der Waals surface area contributed by atoms with Crippen molar-refractivity contribution in [2.45, 2.75) is 53.0 Å². The lowest BCUT2D eigenvalue weighted by atomic mass is 9.99. The fraction of sp³-hybridized carbons (Fsp3) is 0.429. The van der Waals surface area contributed by atoms with Gasteiger partial charge in [-0.25, -0.2) is 0 Å². The SMILES string of the molecule is CCCCC(CC)Cn1c(O)c(C#N)c(C)c(N=Nc2ccc(Cl)c(Cl)c2)c1=O. The largest absolute Gasteiger partial charge is 0.493 e. The Bertz CT molecular complexity index is 1010. The lowest BCUT2D eigenvalue weighted by molar-refractivity contribution is 0.339. The Morgan fingerprint density at radius 1 is 1.24 bits per heavy atom. The minimum absolute atomic E-state index is 0.0239. The van der Waals surface area contributed by atoms with E-state index in [1.807, 2.05) is 13.0 Å². The van der Waals surface area contributed by atoms with E-state index in [1.54, 1.807) is 19.1 Å². The lowest BCUT2D eigenvalue weighted by Gasteiger charge is -2.19. The molecule has 0 radical (unpaired) electrons. The monoisotopic (exact) mass is 434 g/mol. The third-order valence-electron chi connectivity index (χ3n) is 4.92. The molecule has 0 aliphatic heterocycles. The lowest BCUT2D eigenvalue weighted by Crippen LogP contribution is -2.25. The van der Waals surface area contributed by atoms with Crippen LogP contribution in [0.25, 0.3) is 0 Å². The minimum Gasteiger partial charge on any atom is -0.493 e. The number of aromatic nitrogens is 1. The predicted octanol–water partition coefficient (Wildman–Crippen LogP) is 6.67. The van der Waals surface area contributed by atoms with Gasteiger partial charge in [-0.3, -0.25) is 9.36 Å². The Morgan fingerprint density at radius 3 is 2.55 bits per heavy atom. The molecule has 1 atom stereocenters. The van der Waals surface area contributed by atoms with E-state index in [-0.39, 0.29) is 28.6 Å². The first-order chi connectivity index (χ1) is 13.8. The van der Waals surface area contributed by atoms with Gasteiger partial charge in [0.05, 0.1) is 15.7 Å². The van der Waals surface area contributed by atoms with E-state index >= 15 is 0 Å². The summed E-state index contributed by atoms with van der Waals surface area (Å²) in [7, 11) is 0. The zero-order valence-corrected chi connectivity index (χ0v) is 18.3. The summed E-state index contributed by atoms with van der Waals surface area (Å²) in [5.41, 5.74) is 0.286. The van der Waals surface area contributed by atoms with Crippen molar-refractivity contribution in [1.82, 2.24) is 4.57 Å². The molecular formula is C21H24Cl2N4O2. The van der Waals surface area contributed by atoms with E-state index in [0.717, 1.165) is 25.7 Å². The van der Waals surface area contributed by atoms with Gasteiger partial charge in [-0.15, -0.1) is 5.11 Å². The van der Waals surface area contributed by atoms with Gasteiger partial charge in [0.1, 0.15) is 11.6 Å². The minimum atomic E-state index is -0.474. The molecule has 1 N–H and O–H groups in total. The van der Waals surface area contributed by atoms with Crippen molar-refractivity contribution in [1.29, 1.82) is 5.26 Å². The fourth-order valence-corrected chi connectivity index (χ4v) is 3.35. The van der Waals surface area contributed by atoms with Crippen LogP contribution >= 0.6 is 23.2 Å². The van der Waals surface area contributed by atoms with Crippen molar-refractivity contribution < 1.29 is 5.11 Å². The molecule has 1 aromatic carbocycles. The highest BCUT2D eigenvalue weighted by atomic mass is 35.5. The maximum absolute atomic E-state index is 13.0. The number of nitrogens with zero attached hydrogens (tertiary/aromatic N) is 4. The van der Waals surface area contributed by atoms with Gasteiger partial charge in [-0.1, -0.05) is 56.3 Å². The van der Waals surface area contributed by atoms with Crippen molar-refractivity contribution in [3.05, 3.63) is 49.7 Å². The van der Waals surface area contributed by atoms with Gasteiger partial charge in [0, 0.05) is 12.1 Å². The molecule has 1 aromatic heterocycles. The van der Waals surface area contributed by atoms with E-state index < -0.39 is 5.56 Å². The van der Waals surface area contributed by atoms with Crippen LogP contribution in [0.4, 0.5) is 11.4 Å². The summed E-state index contributed by atoms with van der Waals surface area (Å²) >= 11 is 11.9. The van der Waals surface area contributed by atoms with Crippen LogP contribution in [-0.2, 0) is 6.54 Å². The smallest absolute Gasteiger partial charge is 0.281 e. The van der Waals surface area contributed by atoms with Gasteiger partial charge in [0.25, 0.3) is 5.56 Å². The third kappa shape index (κ3) is 5.37. The highest BCUT2D eigenvalue weighted by molar-refractivity contribution is 6.42. The van der Waals surface area contributed by atoms with Crippen LogP contribution in [0.15, 0.2) is 33.2 Å². The Labute approximate surface area is 180 Å². The fourth-order valence-electron chi connectivity index (χ4n) is 3.06. The molecular weight excluding hydrogens is 411 g/mol. The van der Waals surface area contributed by atoms with Gasteiger partial charge >= 0.3 is 0 Å². The number of nitriles is 1. The summed E-state index contributed by atoms with van der Waals surface area (Å²) in [6.07, 6.45) is 3.89. The van der Waals surface area contributed by atoms with Crippen LogP contribution in [0.5, 0.6) is 5.88 Å². The molecule has 2 rings (SSSR count). The molecule has 0 aliphatic rings. The molecule has 1 heterocycles. The molecule has 0 fully saturated rings. The molecule has 1 unspecified atom stereocenters. The maximum Gasteiger partial charge on any atom is 0.281 e. The second-order valence-electron chi connectivity index (χ2n) is 6.91. The number of benzene rings is 1. The Hall–Kier alpha value is -2.36. The second-order valence-corrected chi connectivity index (χ2v) is 7.73. The highest BCUT2D eigenvalue weighted by Gasteiger charge is 2.21. The van der Waals surface area contributed by atoms with Gasteiger partial charge < -0.3 is 5.11 Å². The van der Waals surface area contributed by atoms with Gasteiger partial charge in [-0.05, 0) is 37.5 Å². The predicted molar refractivity (Wildman–Crippen MR) is 116 cm³/mol. The van der Waals surface area contributed by atoms with Crippen LogP contribution in [0.2, 0.25) is 10.0 Å². The van der Waals surface area contributed by atoms with Crippen LogP contribution in [0.1, 0.15) is 50.7 Å². The first-order valence-electron chi connectivity index (χ1n) is 9.57. The van der Waals surface area contributed by atoms with Crippen molar-refractivity contribution in [2.75, 3.05) is 0 Å². The first kappa shape index (κ1) is 22.9. The molecule has 2 aromatic rings. The molecule has 0 amide bonds. The summed E-state index contributed by atoms with van der Waals surface area (Å²) < 4.78 is 1.23. The number of hydrogen-bond acceptors (Lipinski definition) is 5. The molecule has 29 heavy (non-hydrogen) atoms. The topological polar surface area (TPSA) is 90.7 Å². The number of aromatic hydroxyl groups is 1. The summed E-state index contributed by atoms with van der Waals surface area (Å²) in [6, 6.07) is 6.71. The van der Waals surface area contributed by atoms with E-state index in [1.165, 1.54) is 10.6 Å². The third-order valence-corrected chi connectivity index (χ3v) is 5.66. The van der Waals surface area contributed by atoms with Crippen molar-refractivity contribution in [3.63, 3.8) is 0 Å². The molecule has 0 aliphatic carbocycles. The van der Waals surface area contributed by atoms with E-state index in [2.05, 4.69) is 17.2 Å². The van der Waals surface area contributed by atoms with Gasteiger partial charge in [0.15, 0.2) is 5.69 Å². The molecule has 0 bridgehead atoms. The van der Waals surface area contributed by atoms with Crippen molar-refractivity contribution in [2.24, 2.45) is 16.1 Å². The Morgan fingerprint density at radius 2 is 1.97 bits per heavy atom. The van der Waals surface area contributed by atoms with Crippen molar-refractivity contribution in [3.8, 4) is 11.9 Å². The molecule has 8 heteroatoms. The summed E-state index contributed by atoms with van der Waals surface area (Å²) in [4.78, 5) is 13.0. The Balaban J connectivity index is 2.52. The number of unbranched alkanes of at least 4 members (excludes halogenated alkanes) is 1. The van der Waals surface area contributed by atoms with Crippen LogP contribution in [-0.4, -0.2) is 9.67 Å². The Kier molecular flexibility index (Phi) is 8.24. The molecule has 0 saturated heterocycles. The standard InChI is InChI=1S/C21H24Cl2N4O2/c1-4-6-7-14(5-2)12-27-20(28)16(11-24)13(3)19(21(27)29)26-25-15-8-9-17(22)18(23)10-15/h8-10,14,28H,4-7,12H2,1-3H3. The number of halogens is 2. The van der Waals surface area contributed by atoms with Crippen LogP contribution in [0, 0.1) is 24.2 Å². The average Bonchev–Trinajstić information content (AvgIpc) is 2.70. The quantitative estimate of drug-likeness (QED) is 0.469. The van der Waals surface area contributed by atoms with Gasteiger partial charge in [-0.2, -0.15) is 10.4 Å². The van der Waals surface area contributed by atoms with Crippen LogP contribution < -0.4 is 5.56 Å². The zero-order chi connectivity index (χ0) is 21.6. The number of hydrogen-bond donors (Lipinski definition) is 1. The van der Waals surface area contributed by atoms with E-state index in [0.29, 0.717) is 22.3 Å². The number of rotatable bonds is 8. The summed E-state index contributed by atoms with van der Waals surface area (Å²) in [5, 5.41) is 28.9. The number of pyridine rings is 1. The van der Waals surface area contributed by atoms with E-state index in [9.17, 15) is 15.2 Å². The van der Waals surface area contributed by atoms with Gasteiger partial charge in [0.2, 0.25) is 5.88 Å². The average molecular weight is 435 g/mol. The normalized spacial score (nSPS) is 12.3. The number of azo groups is 1. The highest BCUT2D eigenvalue weighted by Crippen LogP contribution is 2.30. The first-order valence-corrected chi connectivity index (χ1v) is 10.3.